The van der Waals surface area contributed by atoms with Crippen molar-refractivity contribution in [3.63, 3.8) is 0 Å². The molecule has 0 heterocycles. The molecule has 0 aromatic heterocycles. The van der Waals surface area contributed by atoms with Crippen molar-refractivity contribution in [2.45, 2.75) is 6.92 Å². The molecule has 0 spiro atoms. The molecule has 0 bridgehead atoms. The zero-order chi connectivity index (χ0) is 12.1. The number of ether oxygens (including phenoxy) is 4. The SMILES string of the molecule is C=C(C)Oc1c(OC)cc(OC)cc1OC. The fourth-order valence-corrected chi connectivity index (χ4v) is 1.25. The predicted molar refractivity (Wildman–Crippen MR) is 61.5 cm³/mol. The minimum atomic E-state index is 0.498. The van der Waals surface area contributed by atoms with Crippen molar-refractivity contribution in [2.75, 3.05) is 21.3 Å². The van der Waals surface area contributed by atoms with Crippen LogP contribution in [-0.4, -0.2) is 21.3 Å². The van der Waals surface area contributed by atoms with Crippen LogP contribution in [0.3, 0.4) is 0 Å². The molecule has 0 fully saturated rings. The highest BCUT2D eigenvalue weighted by molar-refractivity contribution is 5.56. The lowest BCUT2D eigenvalue weighted by Gasteiger charge is -2.15. The predicted octanol–water partition coefficient (Wildman–Crippen LogP) is 2.62. The van der Waals surface area contributed by atoms with Gasteiger partial charge in [-0.1, -0.05) is 6.58 Å². The summed E-state index contributed by atoms with van der Waals surface area (Å²) in [5.41, 5.74) is 0. The Morgan fingerprint density at radius 3 is 1.81 bits per heavy atom. The summed E-state index contributed by atoms with van der Waals surface area (Å²) in [4.78, 5) is 0. The number of methoxy groups -OCH3 is 3. The van der Waals surface area contributed by atoms with Gasteiger partial charge in [0.05, 0.1) is 27.1 Å². The Morgan fingerprint density at radius 1 is 1.00 bits per heavy atom. The van der Waals surface area contributed by atoms with Crippen molar-refractivity contribution >= 4 is 0 Å². The zero-order valence-electron chi connectivity index (χ0n) is 9.99. The van der Waals surface area contributed by atoms with Crippen LogP contribution in [0, 0.1) is 0 Å². The van der Waals surface area contributed by atoms with Gasteiger partial charge in [0.25, 0.3) is 0 Å². The van der Waals surface area contributed by atoms with Crippen LogP contribution in [0.5, 0.6) is 23.0 Å². The summed E-state index contributed by atoms with van der Waals surface area (Å²) >= 11 is 0. The number of hydrogen-bond donors (Lipinski definition) is 0. The largest absolute Gasteiger partial charge is 0.496 e. The van der Waals surface area contributed by atoms with Crippen LogP contribution in [0.25, 0.3) is 0 Å². The second-order valence-electron chi connectivity index (χ2n) is 3.17. The van der Waals surface area contributed by atoms with Crippen LogP contribution in [0.1, 0.15) is 6.92 Å². The van der Waals surface area contributed by atoms with Gasteiger partial charge in [0.2, 0.25) is 5.75 Å². The Kier molecular flexibility index (Phi) is 4.05. The molecule has 1 aromatic rings. The highest BCUT2D eigenvalue weighted by atomic mass is 16.5. The highest BCUT2D eigenvalue weighted by Gasteiger charge is 2.14. The maximum Gasteiger partial charge on any atom is 0.210 e. The molecule has 1 aromatic carbocycles. The Balaban J connectivity index is 3.25. The van der Waals surface area contributed by atoms with Crippen molar-refractivity contribution in [3.8, 4) is 23.0 Å². The molecule has 0 atom stereocenters. The van der Waals surface area contributed by atoms with Crippen LogP contribution >= 0.6 is 0 Å². The third-order valence-electron chi connectivity index (χ3n) is 1.95. The van der Waals surface area contributed by atoms with E-state index in [1.165, 1.54) is 0 Å². The molecular formula is C12H16O4. The van der Waals surface area contributed by atoms with E-state index in [2.05, 4.69) is 6.58 Å². The highest BCUT2D eigenvalue weighted by Crippen LogP contribution is 2.41. The van der Waals surface area contributed by atoms with Gasteiger partial charge in [-0.3, -0.25) is 0 Å². The molecule has 4 heteroatoms. The Bertz CT molecular complexity index is 360. The fraction of sp³-hybridized carbons (Fsp3) is 0.333. The lowest BCUT2D eigenvalue weighted by molar-refractivity contribution is 0.325. The van der Waals surface area contributed by atoms with Gasteiger partial charge in [0.15, 0.2) is 11.5 Å². The van der Waals surface area contributed by atoms with Gasteiger partial charge >= 0.3 is 0 Å². The van der Waals surface area contributed by atoms with Crippen molar-refractivity contribution in [2.24, 2.45) is 0 Å². The topological polar surface area (TPSA) is 36.9 Å². The van der Waals surface area contributed by atoms with Crippen molar-refractivity contribution in [3.05, 3.63) is 24.5 Å². The Hall–Kier alpha value is -1.84. The van der Waals surface area contributed by atoms with E-state index in [4.69, 9.17) is 18.9 Å². The first kappa shape index (κ1) is 12.2. The van der Waals surface area contributed by atoms with Gasteiger partial charge in [-0.15, -0.1) is 0 Å². The molecule has 4 nitrogen and oxygen atoms in total. The smallest absolute Gasteiger partial charge is 0.210 e. The van der Waals surface area contributed by atoms with Crippen LogP contribution in [0.2, 0.25) is 0 Å². The van der Waals surface area contributed by atoms with E-state index in [1.807, 2.05) is 0 Å². The first-order valence-electron chi connectivity index (χ1n) is 4.75. The molecule has 0 amide bonds. The molecule has 16 heavy (non-hydrogen) atoms. The van der Waals surface area contributed by atoms with Crippen LogP contribution in [-0.2, 0) is 0 Å². The standard InChI is InChI=1S/C12H16O4/c1-8(2)16-12-10(14-4)6-9(13-3)7-11(12)15-5/h6-7H,1H2,2-5H3. The lowest BCUT2D eigenvalue weighted by Crippen LogP contribution is -1.98. The van der Waals surface area contributed by atoms with Gasteiger partial charge in [-0.25, -0.2) is 0 Å². The Labute approximate surface area is 95.4 Å². The summed E-state index contributed by atoms with van der Waals surface area (Å²) in [5.74, 6) is 2.78. The molecule has 0 N–H and O–H groups in total. The van der Waals surface area contributed by atoms with Gasteiger partial charge in [0.1, 0.15) is 5.75 Å². The Morgan fingerprint density at radius 2 is 1.50 bits per heavy atom. The molecule has 0 unspecified atom stereocenters. The summed E-state index contributed by atoms with van der Waals surface area (Å²) in [6.07, 6.45) is 0. The van der Waals surface area contributed by atoms with Gasteiger partial charge in [-0.05, 0) is 6.92 Å². The van der Waals surface area contributed by atoms with E-state index >= 15 is 0 Å². The molecular weight excluding hydrogens is 208 g/mol. The van der Waals surface area contributed by atoms with E-state index in [0.717, 1.165) is 0 Å². The molecule has 0 aliphatic heterocycles. The zero-order valence-corrected chi connectivity index (χ0v) is 9.99. The van der Waals surface area contributed by atoms with Crippen molar-refractivity contribution < 1.29 is 18.9 Å². The average Bonchev–Trinajstić information content (AvgIpc) is 2.28. The maximum atomic E-state index is 5.46. The first-order valence-corrected chi connectivity index (χ1v) is 4.75. The average molecular weight is 224 g/mol. The molecule has 1 rings (SSSR count). The third kappa shape index (κ3) is 2.59. The fourth-order valence-electron chi connectivity index (χ4n) is 1.25. The van der Waals surface area contributed by atoms with E-state index in [0.29, 0.717) is 28.8 Å². The monoisotopic (exact) mass is 224 g/mol. The molecule has 0 saturated heterocycles. The van der Waals surface area contributed by atoms with Crippen LogP contribution in [0.15, 0.2) is 24.5 Å². The summed E-state index contributed by atoms with van der Waals surface area (Å²) in [7, 11) is 4.69. The number of benzene rings is 1. The molecule has 0 saturated carbocycles. The third-order valence-corrected chi connectivity index (χ3v) is 1.95. The molecule has 0 aliphatic rings. The minimum absolute atomic E-state index is 0.498. The maximum absolute atomic E-state index is 5.46. The van der Waals surface area contributed by atoms with Crippen LogP contribution < -0.4 is 18.9 Å². The first-order chi connectivity index (χ1) is 7.62. The lowest BCUT2D eigenvalue weighted by atomic mass is 10.2. The summed E-state index contributed by atoms with van der Waals surface area (Å²) in [6, 6.07) is 3.45. The normalized spacial score (nSPS) is 9.50. The van der Waals surface area contributed by atoms with Gasteiger partial charge < -0.3 is 18.9 Å². The molecule has 0 aliphatic carbocycles. The van der Waals surface area contributed by atoms with Crippen molar-refractivity contribution in [1.29, 1.82) is 0 Å². The minimum Gasteiger partial charge on any atom is -0.496 e. The van der Waals surface area contributed by atoms with Gasteiger partial charge in [0, 0.05) is 12.1 Å². The van der Waals surface area contributed by atoms with E-state index in [9.17, 15) is 0 Å². The second kappa shape index (κ2) is 5.30. The summed E-state index contributed by atoms with van der Waals surface area (Å²) in [6.45, 7) is 5.43. The summed E-state index contributed by atoms with van der Waals surface area (Å²) < 4.78 is 21.0. The molecule has 0 radical (unpaired) electrons. The van der Waals surface area contributed by atoms with E-state index in [-0.39, 0.29) is 0 Å². The summed E-state index contributed by atoms with van der Waals surface area (Å²) in [5, 5.41) is 0. The number of rotatable bonds is 5. The van der Waals surface area contributed by atoms with Crippen LogP contribution in [0.4, 0.5) is 0 Å². The van der Waals surface area contributed by atoms with Gasteiger partial charge in [-0.2, -0.15) is 0 Å². The van der Waals surface area contributed by atoms with E-state index in [1.54, 1.807) is 40.4 Å². The quantitative estimate of drug-likeness (QED) is 0.720. The number of allylic oxidation sites excluding steroid dienone is 1. The second-order valence-corrected chi connectivity index (χ2v) is 3.17. The molecule has 88 valence electrons. The van der Waals surface area contributed by atoms with Crippen molar-refractivity contribution in [1.82, 2.24) is 0 Å². The number of hydrogen-bond acceptors (Lipinski definition) is 4. The van der Waals surface area contributed by atoms with E-state index < -0.39 is 0 Å².